The fourth-order valence-corrected chi connectivity index (χ4v) is 6.06. The maximum atomic E-state index is 12.4. The summed E-state index contributed by atoms with van der Waals surface area (Å²) in [5.74, 6) is 4.97. The minimum Gasteiger partial charge on any atom is -0.375 e. The average molecular weight is 605 g/mol. The van der Waals surface area contributed by atoms with Crippen molar-refractivity contribution in [1.29, 1.82) is 0 Å². The maximum absolute atomic E-state index is 12.4. The van der Waals surface area contributed by atoms with Crippen LogP contribution < -0.4 is 22.7 Å². The lowest BCUT2D eigenvalue weighted by molar-refractivity contribution is -0.0617. The molecule has 1 aromatic heterocycles. The van der Waals surface area contributed by atoms with E-state index in [4.69, 9.17) is 30.7 Å². The number of aromatic amines is 1. The number of nitrogens with two attached hydrogens (primary N) is 2. The number of rotatable bonds is 13. The van der Waals surface area contributed by atoms with Gasteiger partial charge in [0, 0.05) is 19.0 Å². The van der Waals surface area contributed by atoms with Crippen molar-refractivity contribution < 1.29 is 55.9 Å². The van der Waals surface area contributed by atoms with Gasteiger partial charge in [0.25, 0.3) is 5.56 Å². The van der Waals surface area contributed by atoms with Gasteiger partial charge in [-0.3, -0.25) is 23.9 Å². The zero-order chi connectivity index (χ0) is 28.7. The monoisotopic (exact) mass is 605 g/mol. The van der Waals surface area contributed by atoms with Crippen LogP contribution in [0.25, 0.3) is 0 Å². The predicted octanol–water partition coefficient (Wildman–Crippen LogP) is -1.76. The van der Waals surface area contributed by atoms with E-state index in [1.165, 1.54) is 0 Å². The number of phosphoric ester groups is 1. The molecule has 214 valence electrons. The van der Waals surface area contributed by atoms with Gasteiger partial charge in [-0.15, -0.1) is 0 Å². The van der Waals surface area contributed by atoms with E-state index in [1.54, 1.807) is 0 Å². The fraction of sp³-hybridized carbons (Fsp3) is 0.562. The highest BCUT2D eigenvalue weighted by Gasteiger charge is 2.43. The summed E-state index contributed by atoms with van der Waals surface area (Å²) in [7, 11) is -16.8. The molecule has 4 unspecified atom stereocenters. The topological polar surface area (TPSA) is 298 Å². The summed E-state index contributed by atoms with van der Waals surface area (Å²) in [6.07, 6.45) is -2.64. The summed E-state index contributed by atoms with van der Waals surface area (Å²) in [5, 5.41) is 0. The second-order valence-electron chi connectivity index (χ2n) is 7.41. The van der Waals surface area contributed by atoms with Crippen molar-refractivity contribution in [2.45, 2.75) is 37.4 Å². The molecule has 0 amide bonds. The number of phosphoric acid groups is 3. The Morgan fingerprint density at radius 1 is 1.24 bits per heavy atom. The van der Waals surface area contributed by atoms with E-state index in [-0.39, 0.29) is 31.6 Å². The Bertz CT molecular complexity index is 1320. The minimum absolute atomic E-state index is 0.000430. The third-order valence-corrected chi connectivity index (χ3v) is 8.38. The van der Waals surface area contributed by atoms with Gasteiger partial charge < -0.3 is 40.5 Å². The van der Waals surface area contributed by atoms with Crippen LogP contribution in [-0.4, -0.2) is 74.0 Å². The first-order valence-corrected chi connectivity index (χ1v) is 14.9. The molecule has 1 aromatic rings. The Hall–Kier alpha value is -1.84. The summed E-state index contributed by atoms with van der Waals surface area (Å²) < 4.78 is 58.7. The molecule has 2 heterocycles. The highest BCUT2D eigenvalue weighted by atomic mass is 31.3. The molecule has 0 aliphatic carbocycles. The number of nitrogens with zero attached hydrogens (tertiary/aromatic N) is 2. The van der Waals surface area contributed by atoms with Crippen LogP contribution in [0.3, 0.4) is 0 Å². The van der Waals surface area contributed by atoms with Crippen molar-refractivity contribution in [3.05, 3.63) is 32.6 Å². The van der Waals surface area contributed by atoms with Crippen LogP contribution in [0, 0.1) is 11.8 Å². The molecule has 0 spiro atoms. The molecule has 0 bridgehead atoms. The zero-order valence-electron chi connectivity index (χ0n) is 19.4. The maximum Gasteiger partial charge on any atom is 0.490 e. The van der Waals surface area contributed by atoms with Crippen molar-refractivity contribution in [2.24, 2.45) is 16.5 Å². The number of ether oxygens (including phenoxy) is 2. The predicted molar refractivity (Wildman–Crippen MR) is 127 cm³/mol. The summed E-state index contributed by atoms with van der Waals surface area (Å²) in [6, 6.07) is 0. The largest absolute Gasteiger partial charge is 0.490 e. The Balaban J connectivity index is 2.23. The molecule has 1 aliphatic rings. The van der Waals surface area contributed by atoms with E-state index in [2.05, 4.69) is 41.7 Å². The van der Waals surface area contributed by atoms with Gasteiger partial charge >= 0.3 is 29.2 Å². The van der Waals surface area contributed by atoms with Crippen LogP contribution in [0.1, 0.15) is 24.6 Å². The first-order valence-electron chi connectivity index (χ1n) is 10.4. The lowest BCUT2D eigenvalue weighted by Crippen LogP contribution is -2.33. The average Bonchev–Trinajstić information content (AvgIpc) is 3.17. The zero-order valence-corrected chi connectivity index (χ0v) is 22.1. The Labute approximate surface area is 214 Å². The molecule has 2 rings (SSSR count). The Morgan fingerprint density at radius 2 is 1.92 bits per heavy atom. The molecule has 1 aliphatic heterocycles. The van der Waals surface area contributed by atoms with Gasteiger partial charge in [0.15, 0.2) is 0 Å². The quantitative estimate of drug-likeness (QED) is 0.0744. The second kappa shape index (κ2) is 13.5. The summed E-state index contributed by atoms with van der Waals surface area (Å²) in [5.41, 5.74) is 9.21. The molecule has 1 saturated heterocycles. The highest BCUT2D eigenvalue weighted by Crippen LogP contribution is 2.66. The van der Waals surface area contributed by atoms with E-state index >= 15 is 0 Å². The summed E-state index contributed by atoms with van der Waals surface area (Å²) in [4.78, 5) is 66.3. The summed E-state index contributed by atoms with van der Waals surface area (Å²) in [6.45, 7) is 2.40. The van der Waals surface area contributed by atoms with Crippen molar-refractivity contribution in [3.63, 3.8) is 0 Å². The van der Waals surface area contributed by atoms with Crippen molar-refractivity contribution in [1.82, 2.24) is 9.55 Å². The van der Waals surface area contributed by atoms with Gasteiger partial charge in [-0.1, -0.05) is 11.8 Å². The number of hydrogen-bond donors (Lipinski definition) is 7. The van der Waals surface area contributed by atoms with Gasteiger partial charge in [-0.05, 0) is 6.72 Å². The van der Waals surface area contributed by atoms with Gasteiger partial charge in [-0.25, -0.2) is 18.5 Å². The van der Waals surface area contributed by atoms with Crippen LogP contribution >= 0.6 is 23.5 Å². The molecule has 22 heteroatoms. The number of nitrogens with one attached hydrogen (secondary N) is 1. The van der Waals surface area contributed by atoms with E-state index in [9.17, 15) is 33.1 Å². The Kier molecular flexibility index (Phi) is 11.5. The van der Waals surface area contributed by atoms with Gasteiger partial charge in [0.1, 0.15) is 17.9 Å². The van der Waals surface area contributed by atoms with Gasteiger partial charge in [0.05, 0.1) is 32.0 Å². The number of H-pyrrole nitrogens is 1. The molecule has 0 radical (unpaired) electrons. The highest BCUT2D eigenvalue weighted by molar-refractivity contribution is 7.66. The number of aromatic nitrogens is 2. The van der Waals surface area contributed by atoms with Crippen LogP contribution in [0.2, 0.25) is 0 Å². The van der Waals surface area contributed by atoms with Crippen molar-refractivity contribution >= 4 is 30.2 Å². The third-order valence-electron chi connectivity index (χ3n) is 4.58. The van der Waals surface area contributed by atoms with E-state index in [1.807, 2.05) is 0 Å². The molecule has 19 nitrogen and oxygen atoms in total. The van der Waals surface area contributed by atoms with Gasteiger partial charge in [-0.2, -0.15) is 8.62 Å². The summed E-state index contributed by atoms with van der Waals surface area (Å²) >= 11 is 0. The standard InChI is InChI=1S/C16H26N5O14P3/c1-19-13(18)4-6-31-11-7-14(21-8-10(3-2-5-17)15(22)20-16(21)23)33-12(11)9-32-37(27,28)35-38(29,30)34-36(24,25)26/h8,11-14H,1,4-7,9,17-18H2,(H,27,28)(H,29,30)(H,20,22,23)(H2,24,25,26)/t11?,12-,13?,14-/m1/s1. The molecule has 38 heavy (non-hydrogen) atoms. The molecule has 6 atom stereocenters. The molecule has 9 N–H and O–H groups in total. The van der Waals surface area contributed by atoms with Crippen LogP contribution in [0.4, 0.5) is 0 Å². The third kappa shape index (κ3) is 10.4. The van der Waals surface area contributed by atoms with Gasteiger partial charge in [0.2, 0.25) is 0 Å². The Morgan fingerprint density at radius 3 is 2.53 bits per heavy atom. The number of hydrogen-bond acceptors (Lipinski definition) is 13. The van der Waals surface area contributed by atoms with E-state index in [0.717, 1.165) is 10.8 Å². The molecular weight excluding hydrogens is 579 g/mol. The normalized spacial score (nSPS) is 23.6. The molecule has 1 fully saturated rings. The minimum atomic E-state index is -5.74. The number of aliphatic imine (C=N–C) groups is 1. The van der Waals surface area contributed by atoms with Crippen LogP contribution in [0.5, 0.6) is 0 Å². The van der Waals surface area contributed by atoms with Crippen molar-refractivity contribution in [3.8, 4) is 11.8 Å². The SMILES string of the molecule is C=NC(N)CCOC1C[C@H](n2cc(C#CCN)c(=O)[nH]c2=O)O[C@@H]1COP(=O)(O)OP(=O)(O)OP(=O)(O)O. The van der Waals surface area contributed by atoms with Crippen LogP contribution in [0.15, 0.2) is 20.8 Å². The first kappa shape index (κ1) is 32.4. The second-order valence-corrected chi connectivity index (χ2v) is 11.8. The molecule has 0 aromatic carbocycles. The first-order chi connectivity index (χ1) is 17.6. The van der Waals surface area contributed by atoms with E-state index < -0.39 is 65.9 Å². The van der Waals surface area contributed by atoms with Crippen molar-refractivity contribution in [2.75, 3.05) is 19.8 Å². The molecular formula is C16H26N5O14P3. The fourth-order valence-electron chi connectivity index (χ4n) is 3.03. The lowest BCUT2D eigenvalue weighted by Gasteiger charge is -2.21. The molecule has 0 saturated carbocycles. The van der Waals surface area contributed by atoms with Crippen LogP contribution in [-0.2, 0) is 36.3 Å². The lowest BCUT2D eigenvalue weighted by atomic mass is 10.2. The van der Waals surface area contributed by atoms with E-state index in [0.29, 0.717) is 0 Å². The smallest absolute Gasteiger partial charge is 0.375 e.